The van der Waals surface area contributed by atoms with E-state index in [1.54, 1.807) is 7.11 Å². The second-order valence-corrected chi connectivity index (χ2v) is 5.50. The summed E-state index contributed by atoms with van der Waals surface area (Å²) in [7, 11) is 1.69. The number of methoxy groups -OCH3 is 1. The van der Waals surface area contributed by atoms with Gasteiger partial charge in [0, 0.05) is 35.7 Å². The molecule has 1 N–H and O–H groups in total. The Hall–Kier alpha value is -1.71. The van der Waals surface area contributed by atoms with Crippen LogP contribution in [0, 0.1) is 0 Å². The Kier molecular flexibility index (Phi) is 4.32. The van der Waals surface area contributed by atoms with Crippen molar-refractivity contribution in [2.24, 2.45) is 0 Å². The second kappa shape index (κ2) is 6.37. The van der Waals surface area contributed by atoms with Gasteiger partial charge in [-0.25, -0.2) is 0 Å². The molecule has 0 spiro atoms. The Labute approximate surface area is 129 Å². The van der Waals surface area contributed by atoms with Crippen molar-refractivity contribution in [3.63, 3.8) is 0 Å². The maximum Gasteiger partial charge on any atom is 0.127 e. The number of rotatable bonds is 5. The van der Waals surface area contributed by atoms with E-state index < -0.39 is 0 Å². The maximum atomic E-state index is 6.17. The normalized spacial score (nSPS) is 12.9. The molecule has 3 rings (SSSR count). The largest absolute Gasteiger partial charge is 0.496 e. The average molecular weight is 304 g/mol. The van der Waals surface area contributed by atoms with Gasteiger partial charge < -0.3 is 14.8 Å². The van der Waals surface area contributed by atoms with E-state index in [0.29, 0.717) is 0 Å². The Morgan fingerprint density at radius 3 is 2.86 bits per heavy atom. The van der Waals surface area contributed by atoms with Gasteiger partial charge in [-0.3, -0.25) is 0 Å². The van der Waals surface area contributed by atoms with Gasteiger partial charge in [0.05, 0.1) is 13.7 Å². The fraction of sp³-hybridized carbons (Fsp3) is 0.294. The van der Waals surface area contributed by atoms with Crippen LogP contribution in [-0.4, -0.2) is 13.7 Å². The Balaban J connectivity index is 1.69. The van der Waals surface area contributed by atoms with Crippen molar-refractivity contribution < 1.29 is 9.47 Å². The van der Waals surface area contributed by atoms with Crippen LogP contribution < -0.4 is 14.8 Å². The van der Waals surface area contributed by atoms with Crippen molar-refractivity contribution in [1.82, 2.24) is 5.32 Å². The zero-order chi connectivity index (χ0) is 14.7. The molecule has 0 aromatic heterocycles. The number of para-hydroxylation sites is 1. The van der Waals surface area contributed by atoms with Crippen LogP contribution >= 0.6 is 11.6 Å². The highest BCUT2D eigenvalue weighted by atomic mass is 35.5. The number of halogens is 1. The lowest BCUT2D eigenvalue weighted by Crippen LogP contribution is -2.14. The lowest BCUT2D eigenvalue weighted by Gasteiger charge is -2.12. The molecule has 0 atom stereocenters. The van der Waals surface area contributed by atoms with Crippen LogP contribution in [-0.2, 0) is 19.5 Å². The second-order valence-electron chi connectivity index (χ2n) is 5.07. The molecule has 2 aromatic carbocycles. The van der Waals surface area contributed by atoms with Crippen LogP contribution in [0.2, 0.25) is 5.02 Å². The minimum Gasteiger partial charge on any atom is -0.496 e. The molecular formula is C17H18ClNO2. The van der Waals surface area contributed by atoms with E-state index in [4.69, 9.17) is 21.1 Å². The molecule has 0 unspecified atom stereocenters. The first kappa shape index (κ1) is 14.2. The van der Waals surface area contributed by atoms with Gasteiger partial charge in [0.25, 0.3) is 0 Å². The molecule has 0 aliphatic carbocycles. The van der Waals surface area contributed by atoms with Gasteiger partial charge in [-0.05, 0) is 23.8 Å². The third kappa shape index (κ3) is 3.14. The SMILES string of the molecule is COc1ccccc1CNCc1cc(Cl)cc2c1OCC2. The van der Waals surface area contributed by atoms with Crippen molar-refractivity contribution >= 4 is 11.6 Å². The summed E-state index contributed by atoms with van der Waals surface area (Å²) < 4.78 is 11.1. The highest BCUT2D eigenvalue weighted by Crippen LogP contribution is 2.32. The summed E-state index contributed by atoms with van der Waals surface area (Å²) in [5.74, 6) is 1.89. The maximum absolute atomic E-state index is 6.17. The topological polar surface area (TPSA) is 30.5 Å². The molecule has 1 heterocycles. The van der Waals surface area contributed by atoms with Crippen molar-refractivity contribution in [3.8, 4) is 11.5 Å². The standard InChI is InChI=1S/C17H18ClNO2/c1-20-16-5-3-2-4-13(16)10-19-11-14-9-15(18)8-12-6-7-21-17(12)14/h2-5,8-9,19H,6-7,10-11H2,1H3. The van der Waals surface area contributed by atoms with E-state index in [9.17, 15) is 0 Å². The lowest BCUT2D eigenvalue weighted by molar-refractivity contribution is 0.352. The molecule has 0 bridgehead atoms. The molecule has 0 amide bonds. The molecule has 1 aliphatic rings. The summed E-state index contributed by atoms with van der Waals surface area (Å²) in [4.78, 5) is 0. The quantitative estimate of drug-likeness (QED) is 0.916. The lowest BCUT2D eigenvalue weighted by atomic mass is 10.1. The monoisotopic (exact) mass is 303 g/mol. The molecule has 0 fully saturated rings. The molecule has 21 heavy (non-hydrogen) atoms. The molecule has 110 valence electrons. The summed E-state index contributed by atoms with van der Waals surface area (Å²) >= 11 is 6.17. The molecule has 1 aliphatic heterocycles. The van der Waals surface area contributed by atoms with Crippen molar-refractivity contribution in [3.05, 3.63) is 58.1 Å². The highest BCUT2D eigenvalue weighted by Gasteiger charge is 2.17. The zero-order valence-corrected chi connectivity index (χ0v) is 12.7. The number of hydrogen-bond donors (Lipinski definition) is 1. The van der Waals surface area contributed by atoms with Gasteiger partial charge in [0.15, 0.2) is 0 Å². The fourth-order valence-electron chi connectivity index (χ4n) is 2.66. The number of hydrogen-bond acceptors (Lipinski definition) is 3. The average Bonchev–Trinajstić information content (AvgIpc) is 2.96. The Bertz CT molecular complexity index is 643. The third-order valence-electron chi connectivity index (χ3n) is 3.65. The first-order valence-corrected chi connectivity index (χ1v) is 7.42. The molecule has 0 saturated carbocycles. The molecule has 3 nitrogen and oxygen atoms in total. The number of benzene rings is 2. The van der Waals surface area contributed by atoms with Crippen molar-refractivity contribution in [2.45, 2.75) is 19.5 Å². The smallest absolute Gasteiger partial charge is 0.127 e. The van der Waals surface area contributed by atoms with Gasteiger partial charge in [-0.2, -0.15) is 0 Å². The van der Waals surface area contributed by atoms with Gasteiger partial charge in [0.2, 0.25) is 0 Å². The van der Waals surface area contributed by atoms with Crippen molar-refractivity contribution in [2.75, 3.05) is 13.7 Å². The predicted molar refractivity (Wildman–Crippen MR) is 84.2 cm³/mol. The van der Waals surface area contributed by atoms with E-state index in [0.717, 1.165) is 53.8 Å². The first-order valence-electron chi connectivity index (χ1n) is 7.04. The van der Waals surface area contributed by atoms with E-state index >= 15 is 0 Å². The van der Waals surface area contributed by atoms with Crippen LogP contribution in [0.15, 0.2) is 36.4 Å². The number of fused-ring (bicyclic) bond motifs is 1. The molecule has 0 radical (unpaired) electrons. The molecular weight excluding hydrogens is 286 g/mol. The van der Waals surface area contributed by atoms with E-state index in [2.05, 4.69) is 11.4 Å². The van der Waals surface area contributed by atoms with E-state index in [1.807, 2.05) is 30.3 Å². The van der Waals surface area contributed by atoms with Gasteiger partial charge in [0.1, 0.15) is 11.5 Å². The summed E-state index contributed by atoms with van der Waals surface area (Å²) in [5.41, 5.74) is 3.46. The van der Waals surface area contributed by atoms with Crippen LogP contribution in [0.5, 0.6) is 11.5 Å². The summed E-state index contributed by atoms with van der Waals surface area (Å²) in [6, 6.07) is 12.0. The van der Waals surface area contributed by atoms with Gasteiger partial charge >= 0.3 is 0 Å². The van der Waals surface area contributed by atoms with Crippen LogP contribution in [0.3, 0.4) is 0 Å². The predicted octanol–water partition coefficient (Wildman–Crippen LogP) is 3.57. The third-order valence-corrected chi connectivity index (χ3v) is 3.87. The van der Waals surface area contributed by atoms with Gasteiger partial charge in [-0.15, -0.1) is 0 Å². The van der Waals surface area contributed by atoms with E-state index in [-0.39, 0.29) is 0 Å². The van der Waals surface area contributed by atoms with E-state index in [1.165, 1.54) is 5.56 Å². The summed E-state index contributed by atoms with van der Waals surface area (Å²) in [5, 5.41) is 4.20. The minimum absolute atomic E-state index is 0.723. The first-order chi connectivity index (χ1) is 10.3. The molecule has 2 aromatic rings. The Morgan fingerprint density at radius 2 is 2.00 bits per heavy atom. The zero-order valence-electron chi connectivity index (χ0n) is 12.0. The van der Waals surface area contributed by atoms with Gasteiger partial charge in [-0.1, -0.05) is 29.8 Å². The van der Waals surface area contributed by atoms with Crippen molar-refractivity contribution in [1.29, 1.82) is 0 Å². The number of ether oxygens (including phenoxy) is 2. The number of nitrogens with one attached hydrogen (secondary N) is 1. The summed E-state index contributed by atoms with van der Waals surface area (Å²) in [6.07, 6.45) is 0.940. The van der Waals surface area contributed by atoms with Crippen LogP contribution in [0.4, 0.5) is 0 Å². The molecule has 4 heteroatoms. The minimum atomic E-state index is 0.723. The fourth-order valence-corrected chi connectivity index (χ4v) is 2.92. The highest BCUT2D eigenvalue weighted by molar-refractivity contribution is 6.30. The van der Waals surface area contributed by atoms with Crippen LogP contribution in [0.25, 0.3) is 0 Å². The Morgan fingerprint density at radius 1 is 1.19 bits per heavy atom. The summed E-state index contributed by atoms with van der Waals surface area (Å²) in [6.45, 7) is 2.21. The molecule has 0 saturated heterocycles. The van der Waals surface area contributed by atoms with Crippen LogP contribution in [0.1, 0.15) is 16.7 Å².